The number of hydrogen-bond acceptors (Lipinski definition) is 3. The van der Waals surface area contributed by atoms with E-state index in [1.54, 1.807) is 0 Å². The molecule has 2 heterocycles. The standard InChI is InChI=1S/C26H32N4O/c1-20-9-10-21(2)30(20)24-13-11-23(12-14-24)26(31)27-25(22-7-5-4-6-8-22)19-29-17-15-28(3)16-18-29/h4-14,25H,15-19H2,1-3H3,(H,27,31). The monoisotopic (exact) mass is 416 g/mol. The average Bonchev–Trinajstić information content (AvgIpc) is 3.13. The molecule has 1 saturated heterocycles. The summed E-state index contributed by atoms with van der Waals surface area (Å²) in [4.78, 5) is 17.9. The molecule has 1 aliphatic heterocycles. The maximum absolute atomic E-state index is 13.1. The summed E-state index contributed by atoms with van der Waals surface area (Å²) in [5, 5.41) is 3.28. The Morgan fingerprint density at radius 1 is 0.871 bits per heavy atom. The van der Waals surface area contributed by atoms with Crippen molar-refractivity contribution in [3.05, 3.63) is 89.2 Å². The van der Waals surface area contributed by atoms with Crippen molar-refractivity contribution in [1.29, 1.82) is 0 Å². The van der Waals surface area contributed by atoms with Crippen LogP contribution >= 0.6 is 0 Å². The molecule has 0 spiro atoms. The van der Waals surface area contributed by atoms with Gasteiger partial charge in [-0.05, 0) is 62.9 Å². The van der Waals surface area contributed by atoms with Crippen molar-refractivity contribution in [2.45, 2.75) is 19.9 Å². The van der Waals surface area contributed by atoms with Crippen LogP contribution in [0.5, 0.6) is 0 Å². The summed E-state index contributed by atoms with van der Waals surface area (Å²) in [5.41, 5.74) is 5.28. The average molecular weight is 417 g/mol. The third-order valence-corrected chi connectivity index (χ3v) is 6.20. The van der Waals surface area contributed by atoms with Gasteiger partial charge >= 0.3 is 0 Å². The highest BCUT2D eigenvalue weighted by Crippen LogP contribution is 2.19. The first-order valence-electron chi connectivity index (χ1n) is 11.0. The van der Waals surface area contributed by atoms with Gasteiger partial charge in [-0.25, -0.2) is 0 Å². The number of amides is 1. The maximum Gasteiger partial charge on any atom is 0.251 e. The lowest BCUT2D eigenvalue weighted by Gasteiger charge is -2.35. The van der Waals surface area contributed by atoms with Crippen LogP contribution in [0.25, 0.3) is 5.69 Å². The zero-order valence-corrected chi connectivity index (χ0v) is 18.7. The summed E-state index contributed by atoms with van der Waals surface area (Å²) < 4.78 is 2.20. The number of nitrogens with one attached hydrogen (secondary N) is 1. The lowest BCUT2D eigenvalue weighted by molar-refractivity contribution is 0.0907. The van der Waals surface area contributed by atoms with Crippen LogP contribution in [0.1, 0.15) is 33.4 Å². The van der Waals surface area contributed by atoms with E-state index in [0.717, 1.165) is 44.0 Å². The molecule has 2 aromatic carbocycles. The van der Waals surface area contributed by atoms with E-state index >= 15 is 0 Å². The molecule has 0 saturated carbocycles. The van der Waals surface area contributed by atoms with E-state index in [9.17, 15) is 4.79 Å². The highest BCUT2D eigenvalue weighted by molar-refractivity contribution is 5.94. The summed E-state index contributed by atoms with van der Waals surface area (Å²) in [6, 6.07) is 22.3. The van der Waals surface area contributed by atoms with Crippen LogP contribution in [0.2, 0.25) is 0 Å². The molecule has 1 unspecified atom stereocenters. The second-order valence-electron chi connectivity index (χ2n) is 8.54. The van der Waals surface area contributed by atoms with Gasteiger partial charge in [0.15, 0.2) is 0 Å². The Labute approximate surface area is 185 Å². The Morgan fingerprint density at radius 2 is 1.48 bits per heavy atom. The molecule has 1 aliphatic rings. The Morgan fingerprint density at radius 3 is 2.10 bits per heavy atom. The third kappa shape index (κ3) is 5.06. The largest absolute Gasteiger partial charge is 0.344 e. The number of rotatable bonds is 6. The molecule has 1 aromatic heterocycles. The van der Waals surface area contributed by atoms with Crippen molar-refractivity contribution in [3.8, 4) is 5.69 Å². The van der Waals surface area contributed by atoms with Crippen molar-refractivity contribution in [1.82, 2.24) is 19.7 Å². The smallest absolute Gasteiger partial charge is 0.251 e. The fourth-order valence-electron chi connectivity index (χ4n) is 4.29. The number of aromatic nitrogens is 1. The first kappa shape index (κ1) is 21.3. The van der Waals surface area contributed by atoms with Crippen molar-refractivity contribution in [3.63, 3.8) is 0 Å². The predicted molar refractivity (Wildman–Crippen MR) is 126 cm³/mol. The third-order valence-electron chi connectivity index (χ3n) is 6.20. The second-order valence-corrected chi connectivity index (χ2v) is 8.54. The van der Waals surface area contributed by atoms with E-state index in [2.05, 4.69) is 64.8 Å². The molecule has 5 nitrogen and oxygen atoms in total. The van der Waals surface area contributed by atoms with Crippen LogP contribution in [-0.2, 0) is 0 Å². The summed E-state index contributed by atoms with van der Waals surface area (Å²) in [5.74, 6) is -0.0320. The topological polar surface area (TPSA) is 40.5 Å². The molecule has 0 radical (unpaired) electrons. The zero-order valence-electron chi connectivity index (χ0n) is 18.7. The molecule has 1 fully saturated rings. The van der Waals surface area contributed by atoms with Gasteiger partial charge in [-0.1, -0.05) is 30.3 Å². The molecular weight excluding hydrogens is 384 g/mol. The Bertz CT molecular complexity index is 982. The van der Waals surface area contributed by atoms with Crippen LogP contribution in [0.15, 0.2) is 66.7 Å². The number of nitrogens with zero attached hydrogens (tertiary/aromatic N) is 3. The summed E-state index contributed by atoms with van der Waals surface area (Å²) in [6.45, 7) is 9.19. The molecule has 31 heavy (non-hydrogen) atoms. The minimum atomic E-state index is -0.0364. The summed E-state index contributed by atoms with van der Waals surface area (Å²) in [6.07, 6.45) is 0. The highest BCUT2D eigenvalue weighted by atomic mass is 16.1. The molecule has 1 atom stereocenters. The number of carbonyl (C=O) groups is 1. The quantitative estimate of drug-likeness (QED) is 0.664. The fraction of sp³-hybridized carbons (Fsp3) is 0.346. The lowest BCUT2D eigenvalue weighted by atomic mass is 10.0. The Hall–Kier alpha value is -2.89. The van der Waals surface area contributed by atoms with Gasteiger partial charge in [-0.2, -0.15) is 0 Å². The normalized spacial score (nSPS) is 16.2. The molecule has 1 amide bonds. The number of hydrogen-bond donors (Lipinski definition) is 1. The van der Waals surface area contributed by atoms with E-state index in [1.807, 2.05) is 42.5 Å². The molecule has 3 aromatic rings. The van der Waals surface area contributed by atoms with Crippen LogP contribution in [-0.4, -0.2) is 60.0 Å². The number of aryl methyl sites for hydroxylation is 2. The van der Waals surface area contributed by atoms with E-state index < -0.39 is 0 Å². The molecule has 5 heteroatoms. The maximum atomic E-state index is 13.1. The zero-order chi connectivity index (χ0) is 21.8. The van der Waals surface area contributed by atoms with Crippen LogP contribution in [0, 0.1) is 13.8 Å². The van der Waals surface area contributed by atoms with E-state index in [0.29, 0.717) is 5.56 Å². The first-order valence-corrected chi connectivity index (χ1v) is 11.0. The summed E-state index contributed by atoms with van der Waals surface area (Å²) >= 11 is 0. The van der Waals surface area contributed by atoms with E-state index in [4.69, 9.17) is 0 Å². The molecule has 0 aliphatic carbocycles. The van der Waals surface area contributed by atoms with Crippen LogP contribution < -0.4 is 5.32 Å². The van der Waals surface area contributed by atoms with Gasteiger partial charge in [-0.15, -0.1) is 0 Å². The second kappa shape index (κ2) is 9.50. The van der Waals surface area contributed by atoms with Crippen molar-refractivity contribution in [2.24, 2.45) is 0 Å². The molecule has 162 valence electrons. The first-order chi connectivity index (χ1) is 15.0. The molecule has 0 bridgehead atoms. The van der Waals surface area contributed by atoms with Gasteiger partial charge in [0.2, 0.25) is 0 Å². The highest BCUT2D eigenvalue weighted by Gasteiger charge is 2.21. The Kier molecular flexibility index (Phi) is 6.54. The number of benzene rings is 2. The van der Waals surface area contributed by atoms with Gasteiger partial charge < -0.3 is 14.8 Å². The summed E-state index contributed by atoms with van der Waals surface area (Å²) in [7, 11) is 2.16. The Balaban J connectivity index is 1.49. The molecular formula is C26H32N4O. The van der Waals surface area contributed by atoms with Gasteiger partial charge in [0.25, 0.3) is 5.91 Å². The van der Waals surface area contributed by atoms with Gasteiger partial charge in [0, 0.05) is 55.4 Å². The fourth-order valence-corrected chi connectivity index (χ4v) is 4.29. The molecule has 4 rings (SSSR count). The number of carbonyl (C=O) groups excluding carboxylic acids is 1. The lowest BCUT2D eigenvalue weighted by Crippen LogP contribution is -2.47. The van der Waals surface area contributed by atoms with Crippen molar-refractivity contribution in [2.75, 3.05) is 39.8 Å². The minimum absolute atomic E-state index is 0.0320. The van der Waals surface area contributed by atoms with E-state index in [-0.39, 0.29) is 11.9 Å². The minimum Gasteiger partial charge on any atom is -0.344 e. The number of likely N-dealkylation sites (N-methyl/N-ethyl adjacent to an activating group) is 1. The SMILES string of the molecule is Cc1ccc(C)n1-c1ccc(C(=O)NC(CN2CCN(C)CC2)c2ccccc2)cc1. The van der Waals surface area contributed by atoms with E-state index in [1.165, 1.54) is 11.4 Å². The van der Waals surface area contributed by atoms with Gasteiger partial charge in [0.05, 0.1) is 6.04 Å². The number of piperazine rings is 1. The molecule has 1 N–H and O–H groups in total. The van der Waals surface area contributed by atoms with Gasteiger partial charge in [0.1, 0.15) is 0 Å². The van der Waals surface area contributed by atoms with Crippen molar-refractivity contribution < 1.29 is 4.79 Å². The van der Waals surface area contributed by atoms with Crippen LogP contribution in [0.3, 0.4) is 0 Å². The van der Waals surface area contributed by atoms with Crippen molar-refractivity contribution >= 4 is 5.91 Å². The predicted octanol–water partition coefficient (Wildman–Crippen LogP) is 3.81. The van der Waals surface area contributed by atoms with Crippen LogP contribution in [0.4, 0.5) is 0 Å². The van der Waals surface area contributed by atoms with Gasteiger partial charge in [-0.3, -0.25) is 9.69 Å².